The van der Waals surface area contributed by atoms with Crippen molar-refractivity contribution in [2.75, 3.05) is 12.4 Å². The zero-order chi connectivity index (χ0) is 17.7. The number of nitrogens with zero attached hydrogens (tertiary/aromatic N) is 1. The lowest BCUT2D eigenvalue weighted by Crippen LogP contribution is -2.43. The minimum atomic E-state index is -0.501. The molecule has 0 unspecified atom stereocenters. The Hall–Kier alpha value is -2.62. The molecule has 0 heterocycles. The summed E-state index contributed by atoms with van der Waals surface area (Å²) in [6.07, 6.45) is 0. The number of nitrogens with one attached hydrogen (secondary N) is 2. The number of rotatable bonds is 4. The highest BCUT2D eigenvalue weighted by molar-refractivity contribution is 5.98. The SMILES string of the molecule is C/N=C(\C)c1cccc(C(C)(C)NC(=O)Nc2ccc(C)cc2)c1. The number of carbonyl (C=O) groups excluding carboxylic acids is 1. The lowest BCUT2D eigenvalue weighted by molar-refractivity contribution is 0.242. The molecule has 0 bridgehead atoms. The molecule has 0 aliphatic carbocycles. The van der Waals surface area contributed by atoms with Gasteiger partial charge in [-0.3, -0.25) is 4.99 Å². The van der Waals surface area contributed by atoms with Gasteiger partial charge in [0.25, 0.3) is 0 Å². The van der Waals surface area contributed by atoms with Gasteiger partial charge in [-0.2, -0.15) is 0 Å². The Labute approximate surface area is 144 Å². The topological polar surface area (TPSA) is 53.5 Å². The lowest BCUT2D eigenvalue weighted by Gasteiger charge is -2.27. The van der Waals surface area contributed by atoms with E-state index in [0.29, 0.717) is 0 Å². The van der Waals surface area contributed by atoms with Crippen molar-refractivity contribution in [3.63, 3.8) is 0 Å². The first kappa shape index (κ1) is 17.7. The van der Waals surface area contributed by atoms with Crippen LogP contribution in [0.15, 0.2) is 53.5 Å². The predicted molar refractivity (Wildman–Crippen MR) is 101 cm³/mol. The largest absolute Gasteiger partial charge is 0.329 e. The first-order valence-electron chi connectivity index (χ1n) is 8.02. The molecule has 0 fully saturated rings. The average Bonchev–Trinajstić information content (AvgIpc) is 2.56. The van der Waals surface area contributed by atoms with Gasteiger partial charge in [0.1, 0.15) is 0 Å². The molecule has 0 saturated heterocycles. The molecule has 0 atom stereocenters. The second-order valence-electron chi connectivity index (χ2n) is 6.46. The van der Waals surface area contributed by atoms with Crippen LogP contribution in [0.4, 0.5) is 10.5 Å². The van der Waals surface area contributed by atoms with Gasteiger partial charge in [0.05, 0.1) is 5.54 Å². The third-order valence-electron chi connectivity index (χ3n) is 4.07. The van der Waals surface area contributed by atoms with Crippen LogP contribution >= 0.6 is 0 Å². The molecule has 0 aliphatic heterocycles. The van der Waals surface area contributed by atoms with Crippen LogP contribution in [0, 0.1) is 6.92 Å². The van der Waals surface area contributed by atoms with Crippen LogP contribution < -0.4 is 10.6 Å². The molecule has 2 aromatic carbocycles. The van der Waals surface area contributed by atoms with Crippen molar-refractivity contribution in [2.45, 2.75) is 33.2 Å². The van der Waals surface area contributed by atoms with Crippen LogP contribution in [-0.2, 0) is 5.54 Å². The number of carbonyl (C=O) groups is 1. The number of urea groups is 1. The number of aryl methyl sites for hydroxylation is 1. The van der Waals surface area contributed by atoms with E-state index in [9.17, 15) is 4.79 Å². The van der Waals surface area contributed by atoms with Crippen molar-refractivity contribution in [3.05, 3.63) is 65.2 Å². The first-order valence-corrected chi connectivity index (χ1v) is 8.02. The van der Waals surface area contributed by atoms with Gasteiger partial charge in [0.2, 0.25) is 0 Å². The van der Waals surface area contributed by atoms with E-state index >= 15 is 0 Å². The zero-order valence-electron chi connectivity index (χ0n) is 15.0. The molecular weight excluding hydrogens is 298 g/mol. The Morgan fingerprint density at radius 3 is 2.38 bits per heavy atom. The molecule has 2 aromatic rings. The first-order chi connectivity index (χ1) is 11.3. The fraction of sp³-hybridized carbons (Fsp3) is 0.300. The smallest absolute Gasteiger partial charge is 0.319 e. The average molecular weight is 323 g/mol. The minimum absolute atomic E-state index is 0.227. The van der Waals surface area contributed by atoms with Gasteiger partial charge in [-0.05, 0) is 57.0 Å². The van der Waals surface area contributed by atoms with E-state index < -0.39 is 5.54 Å². The molecule has 126 valence electrons. The van der Waals surface area contributed by atoms with Crippen LogP contribution in [0.5, 0.6) is 0 Å². The predicted octanol–water partition coefficient (Wildman–Crippen LogP) is 4.49. The molecular formula is C20H25N3O. The van der Waals surface area contributed by atoms with E-state index in [0.717, 1.165) is 28.1 Å². The minimum Gasteiger partial charge on any atom is -0.329 e. The summed E-state index contributed by atoms with van der Waals surface area (Å²) in [5.74, 6) is 0. The Morgan fingerprint density at radius 1 is 1.08 bits per heavy atom. The number of aliphatic imine (C=N–C) groups is 1. The van der Waals surface area contributed by atoms with Crippen LogP contribution in [0.25, 0.3) is 0 Å². The summed E-state index contributed by atoms with van der Waals surface area (Å²) in [5.41, 5.74) is 4.49. The molecule has 2 rings (SSSR count). The molecule has 4 nitrogen and oxygen atoms in total. The third kappa shape index (κ3) is 4.44. The van der Waals surface area contributed by atoms with Gasteiger partial charge < -0.3 is 10.6 Å². The van der Waals surface area contributed by atoms with E-state index in [4.69, 9.17) is 0 Å². The summed E-state index contributed by atoms with van der Waals surface area (Å²) in [7, 11) is 1.78. The Bertz CT molecular complexity index is 746. The number of hydrogen-bond donors (Lipinski definition) is 2. The highest BCUT2D eigenvalue weighted by atomic mass is 16.2. The van der Waals surface area contributed by atoms with Crippen molar-refractivity contribution in [1.29, 1.82) is 0 Å². The Morgan fingerprint density at radius 2 is 1.75 bits per heavy atom. The summed E-state index contributed by atoms with van der Waals surface area (Å²) in [6.45, 7) is 7.96. The van der Waals surface area contributed by atoms with Gasteiger partial charge in [-0.15, -0.1) is 0 Å². The Kier molecular flexibility index (Phi) is 5.39. The Balaban J connectivity index is 2.12. The summed E-state index contributed by atoms with van der Waals surface area (Å²) in [6, 6.07) is 15.6. The molecule has 0 saturated carbocycles. The molecule has 0 spiro atoms. The van der Waals surface area contributed by atoms with Crippen LogP contribution in [0.2, 0.25) is 0 Å². The van der Waals surface area contributed by atoms with Crippen molar-refractivity contribution < 1.29 is 4.79 Å². The maximum absolute atomic E-state index is 12.3. The summed E-state index contributed by atoms with van der Waals surface area (Å²) in [4.78, 5) is 16.5. The standard InChI is InChI=1S/C20H25N3O/c1-14-9-11-18(12-10-14)22-19(24)23-20(3,4)17-8-6-7-16(13-17)15(2)21-5/h6-13H,1-5H3,(H2,22,23,24)/b21-15+. The second kappa shape index (κ2) is 7.30. The van der Waals surface area contributed by atoms with Crippen molar-refractivity contribution in [2.24, 2.45) is 4.99 Å². The number of benzene rings is 2. The molecule has 0 aliphatic rings. The summed E-state index contributed by atoms with van der Waals surface area (Å²) in [5, 5.41) is 5.90. The zero-order valence-corrected chi connectivity index (χ0v) is 15.0. The van der Waals surface area contributed by atoms with Gasteiger partial charge in [0.15, 0.2) is 0 Å². The number of hydrogen-bond acceptors (Lipinski definition) is 2. The number of anilines is 1. The van der Waals surface area contributed by atoms with Crippen molar-refractivity contribution in [1.82, 2.24) is 5.32 Å². The number of amides is 2. The van der Waals surface area contributed by atoms with Crippen LogP contribution in [0.3, 0.4) is 0 Å². The molecule has 2 amide bonds. The molecule has 0 radical (unpaired) electrons. The highest BCUT2D eigenvalue weighted by Crippen LogP contribution is 2.22. The molecule has 2 N–H and O–H groups in total. The van der Waals surface area contributed by atoms with Crippen molar-refractivity contribution in [3.8, 4) is 0 Å². The van der Waals surface area contributed by atoms with E-state index in [2.05, 4.69) is 21.7 Å². The quantitative estimate of drug-likeness (QED) is 0.800. The lowest BCUT2D eigenvalue weighted by atomic mass is 9.92. The normalized spacial score (nSPS) is 12.0. The van der Waals surface area contributed by atoms with E-state index in [1.807, 2.05) is 70.2 Å². The van der Waals surface area contributed by atoms with Crippen molar-refractivity contribution >= 4 is 17.4 Å². The van der Waals surface area contributed by atoms with E-state index in [-0.39, 0.29) is 6.03 Å². The second-order valence-corrected chi connectivity index (χ2v) is 6.46. The van der Waals surface area contributed by atoms with Gasteiger partial charge >= 0.3 is 6.03 Å². The molecule has 4 heteroatoms. The fourth-order valence-corrected chi connectivity index (χ4v) is 2.42. The fourth-order valence-electron chi connectivity index (χ4n) is 2.42. The van der Waals surface area contributed by atoms with Crippen LogP contribution in [-0.4, -0.2) is 18.8 Å². The van der Waals surface area contributed by atoms with Gasteiger partial charge in [0, 0.05) is 18.4 Å². The maximum Gasteiger partial charge on any atom is 0.319 e. The molecule has 24 heavy (non-hydrogen) atoms. The maximum atomic E-state index is 12.3. The summed E-state index contributed by atoms with van der Waals surface area (Å²) >= 11 is 0. The molecule has 0 aromatic heterocycles. The van der Waals surface area contributed by atoms with E-state index in [1.54, 1.807) is 7.05 Å². The van der Waals surface area contributed by atoms with Crippen LogP contribution in [0.1, 0.15) is 37.5 Å². The third-order valence-corrected chi connectivity index (χ3v) is 4.07. The van der Waals surface area contributed by atoms with Gasteiger partial charge in [-0.1, -0.05) is 35.9 Å². The van der Waals surface area contributed by atoms with E-state index in [1.165, 1.54) is 0 Å². The highest BCUT2D eigenvalue weighted by Gasteiger charge is 2.23. The summed E-state index contributed by atoms with van der Waals surface area (Å²) < 4.78 is 0. The monoisotopic (exact) mass is 323 g/mol. The van der Waals surface area contributed by atoms with Gasteiger partial charge in [-0.25, -0.2) is 4.79 Å².